The highest BCUT2D eigenvalue weighted by Gasteiger charge is 2.33. The Balaban J connectivity index is 1.49. The number of aromatic nitrogens is 2. The molecule has 4 aromatic rings. The summed E-state index contributed by atoms with van der Waals surface area (Å²) in [6.45, 7) is 3.18. The zero-order valence-electron chi connectivity index (χ0n) is 18.6. The molecule has 5 rings (SSSR count). The summed E-state index contributed by atoms with van der Waals surface area (Å²) >= 11 is 0. The average molecular weight is 529 g/mol. The van der Waals surface area contributed by atoms with Gasteiger partial charge in [-0.05, 0) is 50.2 Å². The molecule has 14 heteroatoms. The molecular formula is C22H16N4O8S2. The molecule has 0 fully saturated rings. The van der Waals surface area contributed by atoms with E-state index in [0.717, 1.165) is 12.1 Å². The molecule has 2 N–H and O–H groups in total. The third-order valence-electron chi connectivity index (χ3n) is 5.31. The van der Waals surface area contributed by atoms with Gasteiger partial charge in [-0.2, -0.15) is 0 Å². The van der Waals surface area contributed by atoms with Gasteiger partial charge < -0.3 is 9.05 Å². The van der Waals surface area contributed by atoms with Crippen molar-refractivity contribution in [1.82, 2.24) is 10.3 Å². The predicted molar refractivity (Wildman–Crippen MR) is 124 cm³/mol. The molecule has 1 aliphatic rings. The largest absolute Gasteiger partial charge is 0.360 e. The molecule has 0 aliphatic heterocycles. The van der Waals surface area contributed by atoms with Crippen molar-refractivity contribution in [3.05, 3.63) is 82.3 Å². The Bertz CT molecular complexity index is 1650. The predicted octanol–water partition coefficient (Wildman–Crippen LogP) is 2.66. The van der Waals surface area contributed by atoms with Crippen molar-refractivity contribution in [2.75, 3.05) is 9.44 Å². The number of nitrogens with one attached hydrogen (secondary N) is 2. The highest BCUT2D eigenvalue weighted by molar-refractivity contribution is 7.93. The summed E-state index contributed by atoms with van der Waals surface area (Å²) in [6, 6.07) is 9.69. The number of anilines is 2. The number of benzene rings is 2. The number of carbonyl (C=O) groups is 2. The van der Waals surface area contributed by atoms with E-state index in [4.69, 9.17) is 9.05 Å². The minimum Gasteiger partial charge on any atom is -0.360 e. The smallest absolute Gasteiger partial charge is 0.263 e. The van der Waals surface area contributed by atoms with Gasteiger partial charge in [0.1, 0.15) is 11.5 Å². The van der Waals surface area contributed by atoms with Gasteiger partial charge in [-0.15, -0.1) is 0 Å². The van der Waals surface area contributed by atoms with Crippen LogP contribution in [0.4, 0.5) is 11.6 Å². The quantitative estimate of drug-likeness (QED) is 0.333. The first-order chi connectivity index (χ1) is 16.9. The van der Waals surface area contributed by atoms with Crippen LogP contribution >= 0.6 is 0 Å². The van der Waals surface area contributed by atoms with Crippen LogP contribution in [0.15, 0.2) is 67.4 Å². The highest BCUT2D eigenvalue weighted by Crippen LogP contribution is 2.31. The van der Waals surface area contributed by atoms with Crippen molar-refractivity contribution in [3.63, 3.8) is 0 Å². The van der Waals surface area contributed by atoms with E-state index in [-0.39, 0.29) is 43.7 Å². The average Bonchev–Trinajstić information content (AvgIpc) is 3.42. The molecule has 0 saturated carbocycles. The molecule has 0 amide bonds. The molecule has 0 radical (unpaired) electrons. The second kappa shape index (κ2) is 8.13. The molecule has 0 unspecified atom stereocenters. The Labute approximate surface area is 204 Å². The van der Waals surface area contributed by atoms with Crippen LogP contribution in [0.3, 0.4) is 0 Å². The molecule has 184 valence electrons. The van der Waals surface area contributed by atoms with E-state index in [1.807, 2.05) is 0 Å². The second-order valence-electron chi connectivity index (χ2n) is 7.93. The van der Waals surface area contributed by atoms with Gasteiger partial charge in [-0.3, -0.25) is 19.0 Å². The molecule has 36 heavy (non-hydrogen) atoms. The van der Waals surface area contributed by atoms with Crippen LogP contribution in [0, 0.1) is 13.8 Å². The zero-order chi connectivity index (χ0) is 25.8. The summed E-state index contributed by atoms with van der Waals surface area (Å²) in [6.07, 6.45) is 0. The molecule has 2 aromatic carbocycles. The van der Waals surface area contributed by atoms with Crippen molar-refractivity contribution in [2.24, 2.45) is 0 Å². The Kier molecular flexibility index (Phi) is 5.30. The summed E-state index contributed by atoms with van der Waals surface area (Å²) in [4.78, 5) is 25.8. The van der Waals surface area contributed by atoms with Gasteiger partial charge >= 0.3 is 0 Å². The van der Waals surface area contributed by atoms with Gasteiger partial charge in [0.05, 0.1) is 9.79 Å². The van der Waals surface area contributed by atoms with Crippen molar-refractivity contribution in [1.29, 1.82) is 0 Å². The van der Waals surface area contributed by atoms with Crippen LogP contribution in [-0.4, -0.2) is 38.7 Å². The number of sulfonamides is 2. The highest BCUT2D eigenvalue weighted by atomic mass is 32.2. The SMILES string of the molecule is Cc1cc(NS(=O)(=O)c2ccc3c(c2)C(=O)c2ccc(S(=O)(=O)Nc4cc(C)on4)cc2C3=O)no1. The Morgan fingerprint density at radius 2 is 1.00 bits per heavy atom. The number of ketones is 2. The lowest BCUT2D eigenvalue weighted by molar-refractivity contribution is 0.0978. The second-order valence-corrected chi connectivity index (χ2v) is 11.3. The minimum atomic E-state index is -4.14. The lowest BCUT2D eigenvalue weighted by Gasteiger charge is -2.19. The van der Waals surface area contributed by atoms with Crippen LogP contribution in [-0.2, 0) is 20.0 Å². The van der Waals surface area contributed by atoms with Crippen LogP contribution in [0.5, 0.6) is 0 Å². The Morgan fingerprint density at radius 3 is 1.33 bits per heavy atom. The summed E-state index contributed by atoms with van der Waals surface area (Å²) < 4.78 is 65.2. The maximum absolute atomic E-state index is 13.2. The summed E-state index contributed by atoms with van der Waals surface area (Å²) in [5, 5.41) is 7.15. The monoisotopic (exact) mass is 528 g/mol. The fraction of sp³-hybridized carbons (Fsp3) is 0.0909. The maximum atomic E-state index is 13.2. The Morgan fingerprint density at radius 1 is 0.611 bits per heavy atom. The molecule has 2 aromatic heterocycles. The third-order valence-corrected chi connectivity index (χ3v) is 8.02. The van der Waals surface area contributed by atoms with E-state index in [9.17, 15) is 26.4 Å². The van der Waals surface area contributed by atoms with Crippen molar-refractivity contribution < 1.29 is 35.5 Å². The summed E-state index contributed by atoms with van der Waals surface area (Å²) in [5.41, 5.74) is -0.367. The van der Waals surface area contributed by atoms with Crippen LogP contribution < -0.4 is 9.44 Å². The number of rotatable bonds is 6. The molecule has 0 spiro atoms. The minimum absolute atomic E-state index is 0.0406. The first kappa shape index (κ1) is 23.4. The lowest BCUT2D eigenvalue weighted by atomic mass is 9.84. The first-order valence-electron chi connectivity index (χ1n) is 10.2. The van der Waals surface area contributed by atoms with E-state index < -0.39 is 31.6 Å². The molecular weight excluding hydrogens is 512 g/mol. The van der Waals surface area contributed by atoms with E-state index in [1.54, 1.807) is 13.8 Å². The van der Waals surface area contributed by atoms with Gasteiger partial charge in [-0.25, -0.2) is 16.8 Å². The first-order valence-corrected chi connectivity index (χ1v) is 13.2. The topological polar surface area (TPSA) is 179 Å². The fourth-order valence-corrected chi connectivity index (χ4v) is 5.68. The van der Waals surface area contributed by atoms with E-state index in [2.05, 4.69) is 19.8 Å². The number of carbonyl (C=O) groups excluding carboxylic acids is 2. The third kappa shape index (κ3) is 4.05. The molecule has 12 nitrogen and oxygen atoms in total. The number of nitrogens with zero attached hydrogens (tertiary/aromatic N) is 2. The molecule has 0 bridgehead atoms. The standard InChI is InChI=1S/C22H16N4O8S2/c1-11-7-19(23-33-11)25-35(29,30)13-3-5-15-17(9-13)21(27)16-6-4-14(10-18(16)22(15)28)36(31,32)26-20-8-12(2)34-24-20/h3-10H,1-2H3,(H,23,25)(H,24,26). The van der Waals surface area contributed by atoms with Crippen molar-refractivity contribution in [2.45, 2.75) is 23.6 Å². The summed E-state index contributed by atoms with van der Waals surface area (Å²) in [5.74, 6) is -0.551. The van der Waals surface area contributed by atoms with Gasteiger partial charge in [0.15, 0.2) is 23.2 Å². The number of hydrogen-bond acceptors (Lipinski definition) is 10. The van der Waals surface area contributed by atoms with Gasteiger partial charge in [-0.1, -0.05) is 10.3 Å². The van der Waals surface area contributed by atoms with E-state index >= 15 is 0 Å². The normalized spacial score (nSPS) is 13.3. The molecule has 0 atom stereocenters. The van der Waals surface area contributed by atoms with Crippen LogP contribution in [0.1, 0.15) is 43.4 Å². The maximum Gasteiger partial charge on any atom is 0.263 e. The van der Waals surface area contributed by atoms with Crippen LogP contribution in [0.25, 0.3) is 0 Å². The van der Waals surface area contributed by atoms with E-state index in [0.29, 0.717) is 11.5 Å². The molecule has 1 aliphatic carbocycles. The van der Waals surface area contributed by atoms with Gasteiger partial charge in [0.2, 0.25) is 0 Å². The van der Waals surface area contributed by atoms with Gasteiger partial charge in [0, 0.05) is 34.4 Å². The van der Waals surface area contributed by atoms with Crippen LogP contribution in [0.2, 0.25) is 0 Å². The molecule has 2 heterocycles. The lowest BCUT2D eigenvalue weighted by Crippen LogP contribution is -2.23. The van der Waals surface area contributed by atoms with E-state index in [1.165, 1.54) is 36.4 Å². The van der Waals surface area contributed by atoms with Crippen molar-refractivity contribution in [3.8, 4) is 0 Å². The zero-order valence-corrected chi connectivity index (χ0v) is 20.2. The fourth-order valence-electron chi connectivity index (χ4n) is 3.67. The number of fused-ring (bicyclic) bond motifs is 2. The van der Waals surface area contributed by atoms with Crippen molar-refractivity contribution >= 4 is 43.2 Å². The summed E-state index contributed by atoms with van der Waals surface area (Å²) in [7, 11) is -8.29. The Hall–Kier alpha value is -4.30. The number of hydrogen-bond donors (Lipinski definition) is 2. The molecule has 0 saturated heterocycles. The van der Waals surface area contributed by atoms with Gasteiger partial charge in [0.25, 0.3) is 20.0 Å². The number of aryl methyl sites for hydroxylation is 2.